The lowest BCUT2D eigenvalue weighted by atomic mass is 10.0. The molecule has 1 fully saturated rings. The summed E-state index contributed by atoms with van der Waals surface area (Å²) in [4.78, 5) is 18.8. The Morgan fingerprint density at radius 1 is 1.44 bits per heavy atom. The highest BCUT2D eigenvalue weighted by molar-refractivity contribution is 6.30. The normalized spacial score (nSPS) is 17.5. The minimum atomic E-state index is -0.171. The second-order valence-electron chi connectivity index (χ2n) is 6.26. The van der Waals surface area contributed by atoms with Crippen LogP contribution in [0.15, 0.2) is 28.8 Å². The second kappa shape index (κ2) is 8.34. The van der Waals surface area contributed by atoms with Gasteiger partial charge in [0.15, 0.2) is 0 Å². The van der Waals surface area contributed by atoms with Crippen molar-refractivity contribution < 1.29 is 9.32 Å². The largest absolute Gasteiger partial charge is 0.338 e. The quantitative estimate of drug-likeness (QED) is 0.799. The Morgan fingerprint density at radius 3 is 3.12 bits per heavy atom. The van der Waals surface area contributed by atoms with Crippen LogP contribution < -0.4 is 5.32 Å². The van der Waals surface area contributed by atoms with E-state index in [-0.39, 0.29) is 12.1 Å². The van der Waals surface area contributed by atoms with Crippen LogP contribution in [0.2, 0.25) is 5.02 Å². The van der Waals surface area contributed by atoms with Crippen LogP contribution in [-0.4, -0.2) is 34.2 Å². The van der Waals surface area contributed by atoms with Crippen molar-refractivity contribution in [1.82, 2.24) is 20.4 Å². The van der Waals surface area contributed by atoms with Gasteiger partial charge in [-0.1, -0.05) is 42.2 Å². The smallest absolute Gasteiger partial charge is 0.318 e. The number of carbonyl (C=O) groups is 1. The van der Waals surface area contributed by atoms with Crippen LogP contribution in [0.25, 0.3) is 11.4 Å². The number of amides is 2. The number of aromatic nitrogens is 2. The van der Waals surface area contributed by atoms with E-state index in [0.717, 1.165) is 37.7 Å². The third kappa shape index (κ3) is 4.31. The summed E-state index contributed by atoms with van der Waals surface area (Å²) < 4.78 is 5.48. The number of likely N-dealkylation sites (tertiary alicyclic amines) is 1. The van der Waals surface area contributed by atoms with Crippen molar-refractivity contribution in [3.05, 3.63) is 35.2 Å². The first-order valence-electron chi connectivity index (χ1n) is 8.83. The van der Waals surface area contributed by atoms with Crippen molar-refractivity contribution in [1.29, 1.82) is 0 Å². The maximum atomic E-state index is 12.5. The minimum Gasteiger partial charge on any atom is -0.338 e. The number of benzene rings is 1. The van der Waals surface area contributed by atoms with Crippen LogP contribution in [0.5, 0.6) is 0 Å². The van der Waals surface area contributed by atoms with E-state index < -0.39 is 0 Å². The number of urea groups is 1. The van der Waals surface area contributed by atoms with E-state index in [1.165, 1.54) is 0 Å². The first-order valence-corrected chi connectivity index (χ1v) is 9.21. The molecule has 0 radical (unpaired) electrons. The number of halogens is 1. The molecule has 0 aliphatic carbocycles. The Morgan fingerprint density at radius 2 is 2.32 bits per heavy atom. The van der Waals surface area contributed by atoms with E-state index in [0.29, 0.717) is 29.8 Å². The molecule has 2 amide bonds. The van der Waals surface area contributed by atoms with Crippen molar-refractivity contribution in [2.45, 2.75) is 45.1 Å². The Balaban J connectivity index is 1.75. The van der Waals surface area contributed by atoms with Crippen LogP contribution in [0.1, 0.15) is 51.0 Å². The number of piperidine rings is 1. The number of unbranched alkanes of at least 4 members (excludes halogenated alkanes) is 1. The highest BCUT2D eigenvalue weighted by atomic mass is 35.5. The highest BCUT2D eigenvalue weighted by Crippen LogP contribution is 2.31. The zero-order chi connectivity index (χ0) is 17.6. The van der Waals surface area contributed by atoms with Gasteiger partial charge >= 0.3 is 6.03 Å². The Bertz CT molecular complexity index is 719. The summed E-state index contributed by atoms with van der Waals surface area (Å²) in [6.07, 6.45) is 4.89. The second-order valence-corrected chi connectivity index (χ2v) is 6.69. The molecular weight excluding hydrogens is 340 g/mol. The molecule has 3 rings (SSSR count). The fourth-order valence-electron chi connectivity index (χ4n) is 3.02. The fraction of sp³-hybridized carbons (Fsp3) is 0.500. The van der Waals surface area contributed by atoms with E-state index in [4.69, 9.17) is 16.1 Å². The monoisotopic (exact) mass is 362 g/mol. The van der Waals surface area contributed by atoms with Gasteiger partial charge in [0.05, 0.1) is 0 Å². The molecule has 0 bridgehead atoms. The average Bonchev–Trinajstić information content (AvgIpc) is 3.12. The SMILES string of the molecule is CCCCNC(=O)N1CCCCC1c1nc(-c2cccc(Cl)c2)no1. The molecular formula is C18H23ClN4O2. The first kappa shape index (κ1) is 17.7. The van der Waals surface area contributed by atoms with Gasteiger partial charge in [0.2, 0.25) is 11.7 Å². The van der Waals surface area contributed by atoms with E-state index >= 15 is 0 Å². The van der Waals surface area contributed by atoms with Crippen LogP contribution in [-0.2, 0) is 0 Å². The van der Waals surface area contributed by atoms with Gasteiger partial charge < -0.3 is 14.7 Å². The maximum Gasteiger partial charge on any atom is 0.318 e. The third-order valence-electron chi connectivity index (χ3n) is 4.38. The summed E-state index contributed by atoms with van der Waals surface area (Å²) in [7, 11) is 0. The van der Waals surface area contributed by atoms with Gasteiger partial charge in [-0.2, -0.15) is 4.98 Å². The summed E-state index contributed by atoms with van der Waals surface area (Å²) in [5.41, 5.74) is 0.803. The van der Waals surface area contributed by atoms with Crippen molar-refractivity contribution >= 4 is 17.6 Å². The van der Waals surface area contributed by atoms with Crippen LogP contribution in [0.3, 0.4) is 0 Å². The van der Waals surface area contributed by atoms with Gasteiger partial charge in [-0.25, -0.2) is 4.79 Å². The minimum absolute atomic E-state index is 0.0549. The van der Waals surface area contributed by atoms with Crippen molar-refractivity contribution in [2.75, 3.05) is 13.1 Å². The summed E-state index contributed by atoms with van der Waals surface area (Å²) in [6.45, 7) is 3.50. The molecule has 1 aromatic carbocycles. The lowest BCUT2D eigenvalue weighted by molar-refractivity contribution is 0.132. The standard InChI is InChI=1S/C18H23ClN4O2/c1-2-3-10-20-18(24)23-11-5-4-9-15(23)17-21-16(22-25-17)13-7-6-8-14(19)12-13/h6-8,12,15H,2-5,9-11H2,1H3,(H,20,24). The van der Waals surface area contributed by atoms with Gasteiger partial charge in [0, 0.05) is 23.7 Å². The van der Waals surface area contributed by atoms with Gasteiger partial charge in [-0.3, -0.25) is 0 Å². The van der Waals surface area contributed by atoms with Gasteiger partial charge in [-0.05, 0) is 37.8 Å². The predicted molar refractivity (Wildman–Crippen MR) is 96.3 cm³/mol. The molecule has 25 heavy (non-hydrogen) atoms. The third-order valence-corrected chi connectivity index (χ3v) is 4.61. The molecule has 1 atom stereocenters. The molecule has 6 nitrogen and oxygen atoms in total. The van der Waals surface area contributed by atoms with Crippen molar-refractivity contribution in [3.63, 3.8) is 0 Å². The summed E-state index contributed by atoms with van der Waals surface area (Å²) in [6, 6.07) is 7.11. The number of rotatable bonds is 5. The zero-order valence-electron chi connectivity index (χ0n) is 14.4. The molecule has 7 heteroatoms. The number of hydrogen-bond acceptors (Lipinski definition) is 4. The average molecular weight is 363 g/mol. The van der Waals surface area contributed by atoms with Gasteiger partial charge in [0.1, 0.15) is 6.04 Å². The lowest BCUT2D eigenvalue weighted by Crippen LogP contribution is -2.45. The zero-order valence-corrected chi connectivity index (χ0v) is 15.1. The molecule has 1 N–H and O–H groups in total. The Kier molecular flexibility index (Phi) is 5.91. The maximum absolute atomic E-state index is 12.5. The van der Waals surface area contributed by atoms with Crippen LogP contribution in [0, 0.1) is 0 Å². The van der Waals surface area contributed by atoms with E-state index in [2.05, 4.69) is 22.4 Å². The molecule has 134 valence electrons. The summed E-state index contributed by atoms with van der Waals surface area (Å²) >= 11 is 6.03. The van der Waals surface area contributed by atoms with E-state index in [1.807, 2.05) is 17.0 Å². The van der Waals surface area contributed by atoms with Crippen LogP contribution in [0.4, 0.5) is 4.79 Å². The molecule has 0 saturated carbocycles. The van der Waals surface area contributed by atoms with E-state index in [9.17, 15) is 4.79 Å². The Hall–Kier alpha value is -2.08. The summed E-state index contributed by atoms with van der Waals surface area (Å²) in [5, 5.41) is 7.67. The number of nitrogens with zero attached hydrogens (tertiary/aromatic N) is 3. The molecule has 1 unspecified atom stereocenters. The van der Waals surface area contributed by atoms with Gasteiger partial charge in [0.25, 0.3) is 0 Å². The van der Waals surface area contributed by atoms with Gasteiger partial charge in [-0.15, -0.1) is 0 Å². The molecule has 2 aromatic rings. The predicted octanol–water partition coefficient (Wildman–Crippen LogP) is 4.43. The number of hydrogen-bond donors (Lipinski definition) is 1. The molecule has 1 aliphatic rings. The summed E-state index contributed by atoms with van der Waals surface area (Å²) in [5.74, 6) is 0.981. The number of carbonyl (C=O) groups excluding carboxylic acids is 1. The fourth-order valence-corrected chi connectivity index (χ4v) is 3.21. The topological polar surface area (TPSA) is 71.3 Å². The lowest BCUT2D eigenvalue weighted by Gasteiger charge is -2.33. The van der Waals surface area contributed by atoms with Crippen molar-refractivity contribution in [2.24, 2.45) is 0 Å². The molecule has 1 saturated heterocycles. The molecule has 2 heterocycles. The molecule has 1 aliphatic heterocycles. The number of nitrogens with one attached hydrogen (secondary N) is 1. The Labute approximate surface area is 152 Å². The van der Waals surface area contributed by atoms with Crippen molar-refractivity contribution in [3.8, 4) is 11.4 Å². The molecule has 1 aromatic heterocycles. The first-order chi connectivity index (χ1) is 12.2. The molecule has 0 spiro atoms. The van der Waals surface area contributed by atoms with Crippen LogP contribution >= 0.6 is 11.6 Å². The van der Waals surface area contributed by atoms with E-state index in [1.54, 1.807) is 12.1 Å². The highest BCUT2D eigenvalue weighted by Gasteiger charge is 2.32.